The fraction of sp³-hybridized carbons (Fsp3) is 0.200. The van der Waals surface area contributed by atoms with Crippen LogP contribution in [0, 0.1) is 17.5 Å². The van der Waals surface area contributed by atoms with Crippen molar-refractivity contribution in [2.75, 3.05) is 0 Å². The number of para-hydroxylation sites is 3. The third-order valence-electron chi connectivity index (χ3n) is 14.3. The fourth-order valence-electron chi connectivity index (χ4n) is 11.4. The van der Waals surface area contributed by atoms with Gasteiger partial charge in [0.15, 0.2) is 0 Å². The maximum Gasteiger partial charge on any atom is 2.00 e. The van der Waals surface area contributed by atoms with Crippen LogP contribution in [0.4, 0.5) is 0 Å². The number of ether oxygens (including phenoxy) is 1. The second-order valence-corrected chi connectivity index (χ2v) is 17.5. The van der Waals surface area contributed by atoms with Crippen molar-refractivity contribution in [2.45, 2.75) is 63.7 Å². The minimum atomic E-state index is 0. The van der Waals surface area contributed by atoms with Gasteiger partial charge in [-0.1, -0.05) is 120 Å². The molecule has 5 heterocycles. The van der Waals surface area contributed by atoms with Crippen molar-refractivity contribution in [1.29, 1.82) is 0 Å². The fourth-order valence-corrected chi connectivity index (χ4v) is 11.4. The summed E-state index contributed by atoms with van der Waals surface area (Å²) in [5.41, 5.74) is 9.39. The number of hydrogen-bond donors (Lipinski definition) is 0. The van der Waals surface area contributed by atoms with Crippen LogP contribution in [0.2, 0.25) is 0 Å². The molecule has 0 unspecified atom stereocenters. The van der Waals surface area contributed by atoms with Crippen molar-refractivity contribution in [3.05, 3.63) is 157 Å². The molecular formula is C55H42N4OPt. The molecule has 2 aliphatic carbocycles. The van der Waals surface area contributed by atoms with E-state index in [1.165, 1.54) is 101 Å². The number of hydrogen-bond acceptors (Lipinski definition) is 3. The van der Waals surface area contributed by atoms with E-state index in [-0.39, 0.29) is 21.1 Å². The van der Waals surface area contributed by atoms with Crippen LogP contribution in [0.25, 0.3) is 87.7 Å². The van der Waals surface area contributed by atoms with Gasteiger partial charge in [0.1, 0.15) is 5.82 Å². The molecule has 0 N–H and O–H groups in total. The zero-order valence-corrected chi connectivity index (χ0v) is 36.0. The van der Waals surface area contributed by atoms with E-state index in [9.17, 15) is 0 Å². The Morgan fingerprint density at radius 3 is 2.07 bits per heavy atom. The molecule has 0 radical (unpaired) electrons. The van der Waals surface area contributed by atoms with Gasteiger partial charge in [0.2, 0.25) is 0 Å². The number of fused-ring (bicyclic) bond motifs is 11. The molecule has 6 heteroatoms. The first kappa shape index (κ1) is 36.8. The van der Waals surface area contributed by atoms with E-state index >= 15 is 0 Å². The predicted octanol–water partition coefficient (Wildman–Crippen LogP) is 14.5. The van der Waals surface area contributed by atoms with Crippen molar-refractivity contribution < 1.29 is 25.8 Å². The van der Waals surface area contributed by atoms with Crippen LogP contribution < -0.4 is 4.74 Å². The molecule has 11 aromatic rings. The monoisotopic (exact) mass is 969 g/mol. The minimum Gasteiger partial charge on any atom is -0.502 e. The summed E-state index contributed by atoms with van der Waals surface area (Å²) in [5, 5.41) is 9.36. The van der Waals surface area contributed by atoms with Crippen LogP contribution in [0.5, 0.6) is 11.5 Å². The quantitative estimate of drug-likeness (QED) is 0.161. The van der Waals surface area contributed by atoms with Gasteiger partial charge in [-0.3, -0.25) is 0 Å². The molecule has 298 valence electrons. The molecule has 0 bridgehead atoms. The molecule has 0 amide bonds. The van der Waals surface area contributed by atoms with Gasteiger partial charge in [-0.05, 0) is 96.8 Å². The van der Waals surface area contributed by atoms with Crippen molar-refractivity contribution >= 4 is 70.7 Å². The Bertz CT molecular complexity index is 3460. The van der Waals surface area contributed by atoms with Gasteiger partial charge in [0.25, 0.3) is 0 Å². The van der Waals surface area contributed by atoms with Crippen LogP contribution in [0.1, 0.15) is 69.3 Å². The van der Waals surface area contributed by atoms with Crippen LogP contribution in [0.3, 0.4) is 0 Å². The van der Waals surface area contributed by atoms with Gasteiger partial charge in [0, 0.05) is 56.5 Å². The molecule has 1 spiro atoms. The Morgan fingerprint density at radius 1 is 0.557 bits per heavy atom. The van der Waals surface area contributed by atoms with Gasteiger partial charge in [-0.2, -0.15) is 6.07 Å². The van der Waals surface area contributed by atoms with Gasteiger partial charge >= 0.3 is 21.1 Å². The average Bonchev–Trinajstić information content (AvgIpc) is 3.95. The van der Waals surface area contributed by atoms with Gasteiger partial charge in [0.05, 0.1) is 11.0 Å². The summed E-state index contributed by atoms with van der Waals surface area (Å²) < 4.78 is 11.7. The maximum atomic E-state index is 7.02. The third-order valence-corrected chi connectivity index (χ3v) is 14.3. The number of benzene rings is 6. The van der Waals surface area contributed by atoms with Crippen LogP contribution >= 0.6 is 0 Å². The summed E-state index contributed by atoms with van der Waals surface area (Å²) in [5.74, 6) is 2.77. The molecule has 0 aliphatic heterocycles. The summed E-state index contributed by atoms with van der Waals surface area (Å²) >= 11 is 0. The summed E-state index contributed by atoms with van der Waals surface area (Å²) in [6.07, 6.45) is 16.2. The Labute approximate surface area is 368 Å². The van der Waals surface area contributed by atoms with E-state index in [0.717, 1.165) is 49.8 Å². The average molecular weight is 970 g/mol. The van der Waals surface area contributed by atoms with Crippen LogP contribution in [0.15, 0.2) is 140 Å². The van der Waals surface area contributed by atoms with Gasteiger partial charge in [-0.25, -0.2) is 4.98 Å². The van der Waals surface area contributed by atoms with Crippen LogP contribution in [-0.4, -0.2) is 18.9 Å². The number of rotatable bonds is 5. The zero-order chi connectivity index (χ0) is 39.4. The second kappa shape index (κ2) is 14.3. The first-order valence-electron chi connectivity index (χ1n) is 21.8. The number of aromatic nitrogens is 4. The third kappa shape index (κ3) is 5.70. The molecule has 0 saturated heterocycles. The zero-order valence-electron chi connectivity index (χ0n) is 33.7. The van der Waals surface area contributed by atoms with Crippen molar-refractivity contribution in [2.24, 2.45) is 5.41 Å². The first-order valence-corrected chi connectivity index (χ1v) is 21.8. The Kier molecular flexibility index (Phi) is 8.61. The van der Waals surface area contributed by atoms with Crippen molar-refractivity contribution in [1.82, 2.24) is 18.9 Å². The summed E-state index contributed by atoms with van der Waals surface area (Å²) in [7, 11) is 0. The van der Waals surface area contributed by atoms with Gasteiger partial charge in [-0.15, -0.1) is 29.1 Å². The minimum absolute atomic E-state index is 0. The molecule has 5 nitrogen and oxygen atoms in total. The SMILES string of the molecule is [Pt+2].[c-]1c(-c2ccccn2)cc2c(ccc3c4cccc5c6ccccc6n(c23)c54)c1Oc1[c-]c2c(cc1)c1ccccc1n2-c1cc(C2CCC3(CCCCC3)CC2)ccn1. The summed E-state index contributed by atoms with van der Waals surface area (Å²) in [4.78, 5) is 9.81. The summed E-state index contributed by atoms with van der Waals surface area (Å²) in [6, 6.07) is 53.0. The molecule has 2 fully saturated rings. The molecule has 0 atom stereocenters. The Morgan fingerprint density at radius 2 is 1.25 bits per heavy atom. The normalized spacial score (nSPS) is 15.9. The molecular weight excluding hydrogens is 928 g/mol. The standard InChI is InChI=1S/C55H42N4O.Pt/c1-7-25-55(26-8-1)27-22-35(23-28-55)36-24-30-57-52(33-36)58-48-16-4-2-11-39(48)41-19-18-38(34-50(41)58)60-51-32-37(47-15-6-9-29-56-47)31-46-42(51)20-21-45-44-14-10-13-43-40-12-3-5-17-49(40)59(53(43)44)54(45)46;/h2-6,9-21,24,29-31,33,35H,1,7-8,22-23,25-28H2;/q-2;+2. The molecule has 6 aromatic carbocycles. The number of nitrogens with zero attached hydrogens (tertiary/aromatic N) is 4. The predicted molar refractivity (Wildman–Crippen MR) is 245 cm³/mol. The number of pyridine rings is 2. The largest absolute Gasteiger partial charge is 2.00 e. The first-order chi connectivity index (χ1) is 29.7. The van der Waals surface area contributed by atoms with Crippen molar-refractivity contribution in [3.8, 4) is 28.6 Å². The smallest absolute Gasteiger partial charge is 0.502 e. The van der Waals surface area contributed by atoms with E-state index in [4.69, 9.17) is 14.7 Å². The van der Waals surface area contributed by atoms with Crippen LogP contribution in [-0.2, 0) is 21.1 Å². The maximum absolute atomic E-state index is 7.02. The molecule has 5 aromatic heterocycles. The Balaban J connectivity index is 0.00000399. The van der Waals surface area contributed by atoms with E-state index in [2.05, 4.69) is 124 Å². The van der Waals surface area contributed by atoms with E-state index in [1.54, 1.807) is 0 Å². The van der Waals surface area contributed by atoms with Gasteiger partial charge < -0.3 is 18.7 Å². The second-order valence-electron chi connectivity index (χ2n) is 17.5. The van der Waals surface area contributed by atoms with Crippen molar-refractivity contribution in [3.63, 3.8) is 0 Å². The van der Waals surface area contributed by atoms with E-state index in [1.807, 2.05) is 36.7 Å². The molecule has 2 aliphatic rings. The molecule has 2 saturated carbocycles. The topological polar surface area (TPSA) is 44.4 Å². The molecule has 61 heavy (non-hydrogen) atoms. The Hall–Kier alpha value is -6.03. The van der Waals surface area contributed by atoms with E-state index < -0.39 is 0 Å². The molecule has 13 rings (SSSR count). The summed E-state index contributed by atoms with van der Waals surface area (Å²) in [6.45, 7) is 0. The van der Waals surface area contributed by atoms with E-state index in [0.29, 0.717) is 22.8 Å².